The maximum absolute atomic E-state index is 13.7. The molecule has 2 heterocycles. The maximum atomic E-state index is 13.7. The average Bonchev–Trinajstić information content (AvgIpc) is 2.59. The van der Waals surface area contributed by atoms with Crippen molar-refractivity contribution in [1.82, 2.24) is 9.97 Å². The van der Waals surface area contributed by atoms with Gasteiger partial charge in [0.1, 0.15) is 11.6 Å². The Morgan fingerprint density at radius 2 is 1.78 bits per heavy atom. The van der Waals surface area contributed by atoms with Crippen LogP contribution < -0.4 is 10.6 Å². The van der Waals surface area contributed by atoms with E-state index in [0.29, 0.717) is 5.69 Å². The quantitative estimate of drug-likeness (QED) is 0.764. The molecule has 23 heavy (non-hydrogen) atoms. The van der Waals surface area contributed by atoms with E-state index in [1.54, 1.807) is 19.4 Å². The third-order valence-electron chi connectivity index (χ3n) is 3.55. The highest BCUT2D eigenvalue weighted by Crippen LogP contribution is 2.24. The third-order valence-corrected chi connectivity index (χ3v) is 3.55. The largest absolute Gasteiger partial charge is 0.386 e. The summed E-state index contributed by atoms with van der Waals surface area (Å²) in [5, 5.41) is 6.73. The van der Waals surface area contributed by atoms with E-state index in [-0.39, 0.29) is 5.82 Å². The monoisotopic (exact) mass is 307 g/mol. The van der Waals surface area contributed by atoms with Crippen LogP contribution in [0.5, 0.6) is 0 Å². The molecule has 0 amide bonds. The third kappa shape index (κ3) is 3.29. The van der Waals surface area contributed by atoms with Crippen LogP contribution >= 0.6 is 0 Å². The number of halogens is 1. The van der Waals surface area contributed by atoms with Gasteiger partial charge in [0.15, 0.2) is 0 Å². The van der Waals surface area contributed by atoms with Crippen LogP contribution in [0.3, 0.4) is 0 Å². The topological polar surface area (TPSA) is 49.8 Å². The van der Waals surface area contributed by atoms with E-state index in [2.05, 4.69) is 20.6 Å². The molecule has 5 heteroatoms. The van der Waals surface area contributed by atoms with Crippen molar-refractivity contribution in [1.29, 1.82) is 0 Å². The van der Waals surface area contributed by atoms with Gasteiger partial charge in [-0.15, -0.1) is 0 Å². The van der Waals surface area contributed by atoms with Gasteiger partial charge in [-0.3, -0.25) is 4.98 Å². The molecule has 0 aliphatic carbocycles. The molecule has 1 aromatic carbocycles. The van der Waals surface area contributed by atoms with Gasteiger partial charge in [-0.1, -0.05) is 12.2 Å². The van der Waals surface area contributed by atoms with Gasteiger partial charge in [0.2, 0.25) is 0 Å². The molecule has 2 aromatic heterocycles. The zero-order chi connectivity index (χ0) is 16.2. The number of fused-ring (bicyclic) bond motifs is 1. The van der Waals surface area contributed by atoms with Crippen LogP contribution in [-0.2, 0) is 0 Å². The summed E-state index contributed by atoms with van der Waals surface area (Å²) in [6, 6.07) is 8.73. The molecule has 4 nitrogen and oxygen atoms in total. The maximum Gasteiger partial charge on any atom is 0.126 e. The summed E-state index contributed by atoms with van der Waals surface area (Å²) >= 11 is 0. The molecule has 3 rings (SSSR count). The van der Waals surface area contributed by atoms with Gasteiger partial charge in [-0.05, 0) is 41.5 Å². The van der Waals surface area contributed by atoms with E-state index < -0.39 is 0 Å². The first-order valence-electron chi connectivity index (χ1n) is 7.28. The second-order valence-electron chi connectivity index (χ2n) is 5.10. The standard InChI is InChI=1S/C18H17FN4/c1-20-16-10-15(19)9-14-7-13(11-23-18(14)16)4-3-12-5-6-22-17(8-12)21-2/h3-11,20H,1-2H3,(H,21,22)/b4-3+/i19-1. The molecule has 0 aliphatic heterocycles. The first-order valence-corrected chi connectivity index (χ1v) is 7.28. The Labute approximate surface area is 134 Å². The second kappa shape index (κ2) is 6.44. The van der Waals surface area contributed by atoms with Gasteiger partial charge in [0, 0.05) is 31.9 Å². The molecule has 2 N–H and O–H groups in total. The Kier molecular flexibility index (Phi) is 4.19. The van der Waals surface area contributed by atoms with Crippen molar-refractivity contribution in [3.63, 3.8) is 0 Å². The number of benzene rings is 1. The summed E-state index contributed by atoms with van der Waals surface area (Å²) in [6.07, 6.45) is 7.45. The molecular formula is C18H17FN4. The van der Waals surface area contributed by atoms with Crippen molar-refractivity contribution in [3.05, 3.63) is 59.7 Å². The van der Waals surface area contributed by atoms with Crippen molar-refractivity contribution in [2.75, 3.05) is 24.7 Å². The van der Waals surface area contributed by atoms with Gasteiger partial charge in [-0.25, -0.2) is 9.37 Å². The molecule has 116 valence electrons. The van der Waals surface area contributed by atoms with Crippen LogP contribution in [-0.4, -0.2) is 24.1 Å². The summed E-state index contributed by atoms with van der Waals surface area (Å²) in [5.41, 5.74) is 3.38. The molecule has 0 bridgehead atoms. The average molecular weight is 307 g/mol. The van der Waals surface area contributed by atoms with Gasteiger partial charge in [0.05, 0.1) is 11.2 Å². The van der Waals surface area contributed by atoms with Crippen LogP contribution in [0.2, 0.25) is 0 Å². The van der Waals surface area contributed by atoms with E-state index in [0.717, 1.165) is 27.8 Å². The minimum Gasteiger partial charge on any atom is -0.386 e. The van der Waals surface area contributed by atoms with Crippen molar-refractivity contribution < 1.29 is 4.39 Å². The van der Waals surface area contributed by atoms with Gasteiger partial charge < -0.3 is 10.6 Å². The lowest BCUT2D eigenvalue weighted by atomic mass is 10.1. The van der Waals surface area contributed by atoms with E-state index in [4.69, 9.17) is 0 Å². The number of aromatic nitrogens is 2. The zero-order valence-electron chi connectivity index (χ0n) is 13.0. The first-order chi connectivity index (χ1) is 11.2. The number of anilines is 2. The predicted molar refractivity (Wildman–Crippen MR) is 94.0 cm³/mol. The van der Waals surface area contributed by atoms with Crippen LogP contribution in [0.1, 0.15) is 11.1 Å². The van der Waals surface area contributed by atoms with Crippen LogP contribution in [0.15, 0.2) is 42.7 Å². The lowest BCUT2D eigenvalue weighted by molar-refractivity contribution is 0.630. The molecule has 3 aromatic rings. The summed E-state index contributed by atoms with van der Waals surface area (Å²) in [4.78, 5) is 8.61. The number of hydrogen-bond donors (Lipinski definition) is 2. The molecule has 0 spiro atoms. The highest BCUT2D eigenvalue weighted by atomic mass is 18.2. The fourth-order valence-corrected chi connectivity index (χ4v) is 2.39. The molecule has 0 radical (unpaired) electrons. The lowest BCUT2D eigenvalue weighted by Gasteiger charge is -2.06. The Hall–Kier alpha value is -2.95. The Morgan fingerprint density at radius 3 is 2.57 bits per heavy atom. The molecular weight excluding hydrogens is 290 g/mol. The smallest absolute Gasteiger partial charge is 0.126 e. The molecule has 0 saturated heterocycles. The number of hydrogen-bond acceptors (Lipinski definition) is 4. The predicted octanol–water partition coefficient (Wildman–Crippen LogP) is 4.02. The van der Waals surface area contributed by atoms with Crippen molar-refractivity contribution in [3.8, 4) is 0 Å². The summed E-state index contributed by atoms with van der Waals surface area (Å²) in [5.74, 6) is 0.530. The van der Waals surface area contributed by atoms with Gasteiger partial charge in [0.25, 0.3) is 0 Å². The van der Waals surface area contributed by atoms with E-state index in [1.165, 1.54) is 12.1 Å². The first kappa shape index (κ1) is 15.0. The molecule has 0 saturated carbocycles. The van der Waals surface area contributed by atoms with Gasteiger partial charge >= 0.3 is 0 Å². The zero-order valence-corrected chi connectivity index (χ0v) is 13.0. The summed E-state index contributed by atoms with van der Waals surface area (Å²) in [7, 11) is 3.59. The Morgan fingerprint density at radius 1 is 0.957 bits per heavy atom. The number of pyridine rings is 2. The van der Waals surface area contributed by atoms with Crippen LogP contribution in [0, 0.1) is 5.82 Å². The van der Waals surface area contributed by atoms with Crippen molar-refractivity contribution in [2.45, 2.75) is 0 Å². The summed E-state index contributed by atoms with van der Waals surface area (Å²) in [6.45, 7) is 0. The Bertz CT molecular complexity index is 874. The van der Waals surface area contributed by atoms with Crippen LogP contribution in [0.4, 0.5) is 15.9 Å². The molecule has 0 fully saturated rings. The fraction of sp³-hybridized carbons (Fsp3) is 0.111. The van der Waals surface area contributed by atoms with Gasteiger partial charge in [-0.2, -0.15) is 0 Å². The fourth-order valence-electron chi connectivity index (χ4n) is 2.39. The van der Waals surface area contributed by atoms with E-state index in [9.17, 15) is 4.39 Å². The molecule has 0 aliphatic rings. The van der Waals surface area contributed by atoms with E-state index in [1.807, 2.05) is 37.4 Å². The SMILES string of the molecule is CNc1cc(/C=C/c2cnc3c(NC)cc([18F])cc3c2)ccn1. The normalized spacial score (nSPS) is 11.1. The lowest BCUT2D eigenvalue weighted by Crippen LogP contribution is -1.93. The highest BCUT2D eigenvalue weighted by molar-refractivity contribution is 5.92. The van der Waals surface area contributed by atoms with Crippen LogP contribution in [0.25, 0.3) is 23.1 Å². The minimum absolute atomic E-state index is 0.280. The minimum atomic E-state index is -0.280. The van der Waals surface area contributed by atoms with Crippen molar-refractivity contribution >= 4 is 34.6 Å². The second-order valence-corrected chi connectivity index (χ2v) is 5.10. The number of nitrogens with zero attached hydrogens (tertiary/aromatic N) is 2. The number of nitrogens with one attached hydrogen (secondary N) is 2. The molecule has 0 atom stereocenters. The highest BCUT2D eigenvalue weighted by Gasteiger charge is 2.04. The summed E-state index contributed by atoms with van der Waals surface area (Å²) < 4.78 is 13.7. The Balaban J connectivity index is 1.95. The molecule has 0 unspecified atom stereocenters. The van der Waals surface area contributed by atoms with E-state index >= 15 is 0 Å². The van der Waals surface area contributed by atoms with Crippen molar-refractivity contribution in [2.24, 2.45) is 0 Å². The number of rotatable bonds is 4.